The van der Waals surface area contributed by atoms with Crippen molar-refractivity contribution in [2.24, 2.45) is 23.7 Å². The van der Waals surface area contributed by atoms with Crippen LogP contribution < -0.4 is 0 Å². The quantitative estimate of drug-likeness (QED) is 0.437. The SMILES string of the molecule is CN1C(=O)[C@H]2[C@H]3O[C@@]4(COC[C@]56C=C[C@H](O5)[C@H]3[C@H]46)[C@H]2C1=O. The predicted molar refractivity (Wildman–Crippen MR) is 66.9 cm³/mol. The van der Waals surface area contributed by atoms with Crippen LogP contribution in [0.2, 0.25) is 0 Å². The average molecular weight is 289 g/mol. The molecule has 0 saturated carbocycles. The van der Waals surface area contributed by atoms with E-state index in [9.17, 15) is 9.59 Å². The van der Waals surface area contributed by atoms with Crippen LogP contribution in [-0.2, 0) is 23.8 Å². The van der Waals surface area contributed by atoms with E-state index >= 15 is 0 Å². The first-order valence-corrected chi connectivity index (χ1v) is 7.53. The van der Waals surface area contributed by atoms with E-state index < -0.39 is 17.1 Å². The topological polar surface area (TPSA) is 65.1 Å². The standard InChI is InChI=1S/C15H15NO5/c1-16-12(17)8-9(13(16)18)15-5-19-4-14-3-2-6(20-14)7(11(14)15)10(8)21-15/h2-3,6-11H,4-5H2,1H3/t6-,7+,8+,9+,10-,11-,14-,15-/m0/s1. The predicted octanol–water partition coefficient (Wildman–Crippen LogP) is -0.661. The van der Waals surface area contributed by atoms with Crippen molar-refractivity contribution < 1.29 is 23.8 Å². The molecule has 5 fully saturated rings. The molecule has 0 aliphatic carbocycles. The molecule has 0 aromatic rings. The number of nitrogens with zero attached hydrogens (tertiary/aromatic N) is 1. The zero-order chi connectivity index (χ0) is 14.1. The van der Waals surface area contributed by atoms with E-state index in [1.165, 1.54) is 4.90 Å². The number of carbonyl (C=O) groups excluding carboxylic acids is 2. The summed E-state index contributed by atoms with van der Waals surface area (Å²) in [5, 5.41) is 0. The van der Waals surface area contributed by atoms with Crippen LogP contribution in [0.25, 0.3) is 0 Å². The highest BCUT2D eigenvalue weighted by Crippen LogP contribution is 2.70. The highest BCUT2D eigenvalue weighted by molar-refractivity contribution is 6.06. The number of carbonyl (C=O) groups is 2. The largest absolute Gasteiger partial charge is 0.375 e. The minimum absolute atomic E-state index is 0.00154. The monoisotopic (exact) mass is 289 g/mol. The number of amides is 2. The van der Waals surface area contributed by atoms with Crippen molar-refractivity contribution in [3.8, 4) is 0 Å². The number of hydrogen-bond donors (Lipinski definition) is 0. The highest BCUT2D eigenvalue weighted by atomic mass is 16.6. The molecule has 0 unspecified atom stereocenters. The Morgan fingerprint density at radius 3 is 2.95 bits per heavy atom. The third-order valence-electron chi connectivity index (χ3n) is 6.58. The van der Waals surface area contributed by atoms with E-state index in [4.69, 9.17) is 14.2 Å². The molecule has 0 radical (unpaired) electrons. The van der Waals surface area contributed by atoms with Gasteiger partial charge in [-0.05, 0) is 0 Å². The van der Waals surface area contributed by atoms with Crippen molar-refractivity contribution in [3.05, 3.63) is 12.2 Å². The van der Waals surface area contributed by atoms with Crippen LogP contribution in [0, 0.1) is 23.7 Å². The summed E-state index contributed by atoms with van der Waals surface area (Å²) in [5.41, 5.74) is -1.12. The van der Waals surface area contributed by atoms with Gasteiger partial charge in [-0.2, -0.15) is 0 Å². The van der Waals surface area contributed by atoms with Gasteiger partial charge in [0.15, 0.2) is 0 Å². The second-order valence-electron chi connectivity index (χ2n) is 7.22. The van der Waals surface area contributed by atoms with Crippen LogP contribution in [-0.4, -0.2) is 60.4 Å². The van der Waals surface area contributed by atoms with Crippen LogP contribution in [0.5, 0.6) is 0 Å². The van der Waals surface area contributed by atoms with Gasteiger partial charge in [0.25, 0.3) is 0 Å². The molecule has 5 saturated heterocycles. The van der Waals surface area contributed by atoms with E-state index in [1.807, 2.05) is 0 Å². The molecule has 6 heteroatoms. The van der Waals surface area contributed by atoms with E-state index in [1.54, 1.807) is 7.05 Å². The molecule has 8 atom stereocenters. The van der Waals surface area contributed by atoms with Crippen LogP contribution in [0.3, 0.4) is 0 Å². The molecule has 6 aliphatic heterocycles. The maximum Gasteiger partial charge on any atom is 0.235 e. The summed E-state index contributed by atoms with van der Waals surface area (Å²) in [6, 6.07) is 0. The summed E-state index contributed by atoms with van der Waals surface area (Å²) in [4.78, 5) is 26.3. The third kappa shape index (κ3) is 0.894. The molecule has 0 aromatic heterocycles. The van der Waals surface area contributed by atoms with Gasteiger partial charge in [-0.3, -0.25) is 14.5 Å². The Morgan fingerprint density at radius 1 is 1.24 bits per heavy atom. The fourth-order valence-corrected chi connectivity index (χ4v) is 6.03. The Balaban J connectivity index is 1.59. The summed E-state index contributed by atoms with van der Waals surface area (Å²) < 4.78 is 18.3. The van der Waals surface area contributed by atoms with Crippen LogP contribution in [0.1, 0.15) is 0 Å². The lowest BCUT2D eigenvalue weighted by Gasteiger charge is -2.48. The molecule has 6 aliphatic rings. The summed E-state index contributed by atoms with van der Waals surface area (Å²) in [7, 11) is 1.58. The lowest BCUT2D eigenvalue weighted by molar-refractivity contribution is -0.196. The number of ether oxygens (including phenoxy) is 3. The Kier molecular flexibility index (Phi) is 1.60. The Morgan fingerprint density at radius 2 is 2.10 bits per heavy atom. The van der Waals surface area contributed by atoms with Gasteiger partial charge in [0.2, 0.25) is 11.8 Å². The molecule has 6 nitrogen and oxygen atoms in total. The summed E-state index contributed by atoms with van der Waals surface area (Å²) >= 11 is 0. The van der Waals surface area contributed by atoms with Gasteiger partial charge in [-0.1, -0.05) is 12.2 Å². The first-order chi connectivity index (χ1) is 10.1. The van der Waals surface area contributed by atoms with Crippen molar-refractivity contribution in [1.82, 2.24) is 4.90 Å². The second kappa shape index (κ2) is 2.95. The second-order valence-corrected chi connectivity index (χ2v) is 7.22. The van der Waals surface area contributed by atoms with Gasteiger partial charge in [0.1, 0.15) is 11.2 Å². The normalized spacial score (nSPS) is 61.9. The molecular formula is C15H15NO5. The van der Waals surface area contributed by atoms with E-state index in [2.05, 4.69) is 12.2 Å². The van der Waals surface area contributed by atoms with Gasteiger partial charge in [0.05, 0.1) is 37.3 Å². The smallest absolute Gasteiger partial charge is 0.235 e. The van der Waals surface area contributed by atoms with Gasteiger partial charge in [-0.25, -0.2) is 0 Å². The summed E-state index contributed by atoms with van der Waals surface area (Å²) in [5.74, 6) is -0.629. The van der Waals surface area contributed by atoms with Crippen molar-refractivity contribution in [2.45, 2.75) is 23.4 Å². The number of imide groups is 1. The van der Waals surface area contributed by atoms with Crippen molar-refractivity contribution in [3.63, 3.8) is 0 Å². The Hall–Kier alpha value is -1.24. The number of rotatable bonds is 0. The molecule has 6 heterocycles. The van der Waals surface area contributed by atoms with E-state index in [0.717, 1.165) is 0 Å². The number of likely N-dealkylation sites (tertiary alicyclic amines) is 1. The lowest BCUT2D eigenvalue weighted by Crippen LogP contribution is -2.63. The fraction of sp³-hybridized carbons (Fsp3) is 0.733. The number of hydrogen-bond acceptors (Lipinski definition) is 5. The van der Waals surface area contributed by atoms with Crippen molar-refractivity contribution >= 4 is 11.8 Å². The lowest BCUT2D eigenvalue weighted by atomic mass is 9.56. The molecule has 2 amide bonds. The zero-order valence-corrected chi connectivity index (χ0v) is 11.5. The van der Waals surface area contributed by atoms with Crippen molar-refractivity contribution in [2.75, 3.05) is 20.3 Å². The maximum absolute atomic E-state index is 12.6. The summed E-state index contributed by atoms with van der Waals surface area (Å²) in [6.07, 6.45) is 3.95. The molecular weight excluding hydrogens is 274 g/mol. The molecule has 110 valence electrons. The molecule has 0 aromatic carbocycles. The molecule has 6 rings (SSSR count). The van der Waals surface area contributed by atoms with Crippen LogP contribution in [0.4, 0.5) is 0 Å². The van der Waals surface area contributed by atoms with Gasteiger partial charge in [0, 0.05) is 18.9 Å². The van der Waals surface area contributed by atoms with Gasteiger partial charge in [-0.15, -0.1) is 0 Å². The minimum atomic E-state index is -0.671. The molecule has 21 heavy (non-hydrogen) atoms. The van der Waals surface area contributed by atoms with Crippen LogP contribution >= 0.6 is 0 Å². The highest BCUT2D eigenvalue weighted by Gasteiger charge is 2.83. The molecule has 4 bridgehead atoms. The van der Waals surface area contributed by atoms with Crippen molar-refractivity contribution in [1.29, 1.82) is 0 Å². The Labute approximate surface area is 121 Å². The first-order valence-electron chi connectivity index (χ1n) is 7.53. The van der Waals surface area contributed by atoms with E-state index in [0.29, 0.717) is 13.2 Å². The zero-order valence-electron chi connectivity index (χ0n) is 11.5. The van der Waals surface area contributed by atoms with Gasteiger partial charge < -0.3 is 14.2 Å². The average Bonchev–Trinajstić information content (AvgIpc) is 3.22. The van der Waals surface area contributed by atoms with E-state index in [-0.39, 0.29) is 41.8 Å². The van der Waals surface area contributed by atoms with Gasteiger partial charge >= 0.3 is 0 Å². The Bertz CT molecular complexity index is 646. The van der Waals surface area contributed by atoms with Crippen LogP contribution in [0.15, 0.2) is 12.2 Å². The fourth-order valence-electron chi connectivity index (χ4n) is 6.03. The maximum atomic E-state index is 12.6. The number of fused-ring (bicyclic) bond motifs is 6. The molecule has 0 N–H and O–H groups in total. The first kappa shape index (κ1) is 11.3. The molecule has 2 spiro atoms. The summed E-state index contributed by atoms with van der Waals surface area (Å²) in [6.45, 7) is 0.915. The third-order valence-corrected chi connectivity index (χ3v) is 6.58. The minimum Gasteiger partial charge on any atom is -0.375 e.